The molecular formula is C8H10NO4P. The fourth-order valence-electron chi connectivity index (χ4n) is 0.968. The number of benzene rings is 1. The SMILES string of the molecule is CC(=O)Nc1cccc(P(=O)(O)O)c1. The van der Waals surface area contributed by atoms with Crippen molar-refractivity contribution in [1.82, 2.24) is 0 Å². The molecule has 5 nitrogen and oxygen atoms in total. The van der Waals surface area contributed by atoms with Gasteiger partial charge in [-0.25, -0.2) is 0 Å². The quantitative estimate of drug-likeness (QED) is 0.625. The van der Waals surface area contributed by atoms with E-state index in [9.17, 15) is 9.36 Å². The Labute approximate surface area is 80.9 Å². The van der Waals surface area contributed by atoms with Gasteiger partial charge in [0, 0.05) is 12.6 Å². The van der Waals surface area contributed by atoms with Gasteiger partial charge in [-0.1, -0.05) is 6.07 Å². The van der Waals surface area contributed by atoms with Crippen LogP contribution in [0.2, 0.25) is 0 Å². The van der Waals surface area contributed by atoms with Crippen molar-refractivity contribution in [3.05, 3.63) is 24.3 Å². The molecule has 0 aliphatic heterocycles. The molecule has 1 aromatic rings. The third-order valence-corrected chi connectivity index (χ3v) is 2.45. The molecule has 0 fully saturated rings. The van der Waals surface area contributed by atoms with E-state index >= 15 is 0 Å². The minimum absolute atomic E-state index is 0.108. The monoisotopic (exact) mass is 215 g/mol. The lowest BCUT2D eigenvalue weighted by molar-refractivity contribution is -0.114. The minimum Gasteiger partial charge on any atom is -0.326 e. The number of amides is 1. The Kier molecular flexibility index (Phi) is 3.06. The van der Waals surface area contributed by atoms with E-state index in [1.54, 1.807) is 6.07 Å². The first-order valence-electron chi connectivity index (χ1n) is 3.83. The lowest BCUT2D eigenvalue weighted by Gasteiger charge is -2.06. The Morgan fingerprint density at radius 2 is 2.07 bits per heavy atom. The van der Waals surface area contributed by atoms with Gasteiger partial charge in [0.05, 0.1) is 5.30 Å². The van der Waals surface area contributed by atoms with Gasteiger partial charge in [-0.2, -0.15) is 0 Å². The van der Waals surface area contributed by atoms with Crippen LogP contribution < -0.4 is 10.6 Å². The van der Waals surface area contributed by atoms with Gasteiger partial charge < -0.3 is 15.1 Å². The summed E-state index contributed by atoms with van der Waals surface area (Å²) in [5, 5.41) is 2.33. The summed E-state index contributed by atoms with van der Waals surface area (Å²) in [4.78, 5) is 28.4. The maximum atomic E-state index is 10.9. The van der Waals surface area contributed by atoms with E-state index in [4.69, 9.17) is 9.79 Å². The van der Waals surface area contributed by atoms with E-state index in [-0.39, 0.29) is 11.2 Å². The van der Waals surface area contributed by atoms with Crippen molar-refractivity contribution in [3.8, 4) is 0 Å². The molecule has 3 N–H and O–H groups in total. The molecule has 1 rings (SSSR count). The smallest absolute Gasteiger partial charge is 0.326 e. The van der Waals surface area contributed by atoms with E-state index in [0.717, 1.165) is 0 Å². The molecule has 76 valence electrons. The summed E-state index contributed by atoms with van der Waals surface area (Å²) in [6.07, 6.45) is 0. The van der Waals surface area contributed by atoms with Crippen LogP contribution in [-0.2, 0) is 9.36 Å². The van der Waals surface area contributed by atoms with Crippen LogP contribution in [0, 0.1) is 0 Å². The van der Waals surface area contributed by atoms with Crippen molar-refractivity contribution in [2.45, 2.75) is 6.92 Å². The third kappa shape index (κ3) is 2.96. The lowest BCUT2D eigenvalue weighted by atomic mass is 10.3. The molecule has 0 aliphatic rings. The van der Waals surface area contributed by atoms with E-state index in [1.165, 1.54) is 25.1 Å². The number of anilines is 1. The van der Waals surface area contributed by atoms with Gasteiger partial charge in [-0.3, -0.25) is 9.36 Å². The summed E-state index contributed by atoms with van der Waals surface area (Å²) >= 11 is 0. The molecule has 14 heavy (non-hydrogen) atoms. The van der Waals surface area contributed by atoms with Crippen LogP contribution in [0.5, 0.6) is 0 Å². The predicted molar refractivity (Wildman–Crippen MR) is 52.4 cm³/mol. The molecule has 0 heterocycles. The van der Waals surface area contributed by atoms with Crippen LogP contribution in [-0.4, -0.2) is 15.7 Å². The highest BCUT2D eigenvalue weighted by atomic mass is 31.2. The van der Waals surface area contributed by atoms with Gasteiger partial charge in [0.25, 0.3) is 0 Å². The average Bonchev–Trinajstić information content (AvgIpc) is 2.01. The van der Waals surface area contributed by atoms with E-state index < -0.39 is 7.60 Å². The predicted octanol–water partition coefficient (Wildman–Crippen LogP) is 0.448. The van der Waals surface area contributed by atoms with Gasteiger partial charge in [-0.15, -0.1) is 0 Å². The highest BCUT2D eigenvalue weighted by Gasteiger charge is 2.16. The Bertz CT molecular complexity index is 398. The molecule has 0 unspecified atom stereocenters. The average molecular weight is 215 g/mol. The number of carbonyl (C=O) groups is 1. The summed E-state index contributed by atoms with van der Waals surface area (Å²) in [6, 6.07) is 5.59. The first-order chi connectivity index (χ1) is 6.39. The van der Waals surface area contributed by atoms with Gasteiger partial charge in [0.15, 0.2) is 0 Å². The summed E-state index contributed by atoms with van der Waals surface area (Å²) in [5.74, 6) is -0.284. The standard InChI is InChI=1S/C8H10NO4P/c1-6(10)9-7-3-2-4-8(5-7)14(11,12)13/h2-5H,1H3,(H,9,10)(H2,11,12,13). The summed E-state index contributed by atoms with van der Waals surface area (Å²) in [6.45, 7) is 1.32. The van der Waals surface area contributed by atoms with Crippen LogP contribution in [0.25, 0.3) is 0 Å². The fraction of sp³-hybridized carbons (Fsp3) is 0.125. The molecule has 0 aliphatic carbocycles. The second-order valence-electron chi connectivity index (χ2n) is 2.78. The van der Waals surface area contributed by atoms with Crippen molar-refractivity contribution in [1.29, 1.82) is 0 Å². The molecule has 0 spiro atoms. The number of carbonyl (C=O) groups excluding carboxylic acids is 1. The molecule has 0 radical (unpaired) electrons. The normalized spacial score (nSPS) is 11.1. The zero-order valence-electron chi connectivity index (χ0n) is 7.47. The summed E-state index contributed by atoms with van der Waals surface area (Å²) < 4.78 is 10.9. The fourth-order valence-corrected chi connectivity index (χ4v) is 1.56. The van der Waals surface area contributed by atoms with Crippen molar-refractivity contribution in [2.75, 3.05) is 5.32 Å². The number of nitrogens with one attached hydrogen (secondary N) is 1. The Balaban J connectivity index is 3.02. The second kappa shape index (κ2) is 3.92. The zero-order valence-corrected chi connectivity index (χ0v) is 8.36. The van der Waals surface area contributed by atoms with Crippen molar-refractivity contribution >= 4 is 24.5 Å². The molecule has 0 saturated heterocycles. The number of hydrogen-bond donors (Lipinski definition) is 3. The van der Waals surface area contributed by atoms with Gasteiger partial charge in [0.2, 0.25) is 5.91 Å². The maximum absolute atomic E-state index is 10.9. The molecule has 1 aromatic carbocycles. The van der Waals surface area contributed by atoms with Gasteiger partial charge in [-0.05, 0) is 18.2 Å². The summed E-state index contributed by atoms with van der Waals surface area (Å²) in [7, 11) is -4.24. The van der Waals surface area contributed by atoms with Crippen molar-refractivity contribution < 1.29 is 19.1 Å². The van der Waals surface area contributed by atoms with E-state index in [1.807, 2.05) is 0 Å². The van der Waals surface area contributed by atoms with Crippen molar-refractivity contribution in [2.24, 2.45) is 0 Å². The number of hydrogen-bond acceptors (Lipinski definition) is 2. The minimum atomic E-state index is -4.24. The Hall–Kier alpha value is -1.16. The largest absolute Gasteiger partial charge is 0.356 e. The van der Waals surface area contributed by atoms with Crippen LogP contribution in [0.3, 0.4) is 0 Å². The molecule has 6 heteroatoms. The summed E-state index contributed by atoms with van der Waals surface area (Å²) in [5.41, 5.74) is 0.373. The first-order valence-corrected chi connectivity index (χ1v) is 5.44. The Morgan fingerprint density at radius 3 is 2.57 bits per heavy atom. The second-order valence-corrected chi connectivity index (χ2v) is 4.38. The third-order valence-electron chi connectivity index (χ3n) is 1.50. The number of rotatable bonds is 2. The lowest BCUT2D eigenvalue weighted by Crippen LogP contribution is -2.09. The molecule has 1 amide bonds. The molecular weight excluding hydrogens is 205 g/mol. The highest BCUT2D eigenvalue weighted by Crippen LogP contribution is 2.33. The molecule has 0 aromatic heterocycles. The van der Waals surface area contributed by atoms with Crippen LogP contribution in [0.4, 0.5) is 5.69 Å². The van der Waals surface area contributed by atoms with E-state index in [2.05, 4.69) is 5.32 Å². The molecule has 0 bridgehead atoms. The maximum Gasteiger partial charge on any atom is 0.356 e. The van der Waals surface area contributed by atoms with Gasteiger partial charge >= 0.3 is 7.60 Å². The van der Waals surface area contributed by atoms with Crippen LogP contribution in [0.15, 0.2) is 24.3 Å². The van der Waals surface area contributed by atoms with Gasteiger partial charge in [0.1, 0.15) is 0 Å². The van der Waals surface area contributed by atoms with E-state index in [0.29, 0.717) is 5.69 Å². The zero-order chi connectivity index (χ0) is 10.8. The van der Waals surface area contributed by atoms with Crippen molar-refractivity contribution in [3.63, 3.8) is 0 Å². The Morgan fingerprint density at radius 1 is 1.43 bits per heavy atom. The first kappa shape index (κ1) is 10.9. The highest BCUT2D eigenvalue weighted by molar-refractivity contribution is 7.60. The topological polar surface area (TPSA) is 86.6 Å². The molecule has 0 saturated carbocycles. The van der Waals surface area contributed by atoms with Crippen LogP contribution in [0.1, 0.15) is 6.92 Å². The molecule has 0 atom stereocenters. The van der Waals surface area contributed by atoms with Crippen LogP contribution >= 0.6 is 7.60 Å².